The molecule has 0 unspecified atom stereocenters. The standard InChI is InChI=1S/C57H35N3S/c1-4-18-36(19-5-1)54-42-26-11-15-29-48(42)58-56(59-54)60-49-30-16-12-27-43(49)53-52-41-25-10-14-28-46(41)57(38-20-6-2-7-21-38,39-22-8-3-9-23-39)47(52)35-44(55(53)60)37-32-33-51-45(34-37)40-24-13-17-31-50(40)61-51/h1-35H. The Morgan fingerprint density at radius 3 is 1.84 bits per heavy atom. The summed E-state index contributed by atoms with van der Waals surface area (Å²) in [5.74, 6) is 0.649. The lowest BCUT2D eigenvalue weighted by molar-refractivity contribution is 0.769. The third kappa shape index (κ3) is 4.85. The zero-order chi connectivity index (χ0) is 40.1. The zero-order valence-electron chi connectivity index (χ0n) is 33.0. The highest BCUT2D eigenvalue weighted by atomic mass is 32.1. The van der Waals surface area contributed by atoms with Crippen molar-refractivity contribution in [3.8, 4) is 39.5 Å². The number of fused-ring (bicyclic) bond motifs is 11. The van der Waals surface area contributed by atoms with Crippen molar-refractivity contribution in [3.05, 3.63) is 235 Å². The van der Waals surface area contributed by atoms with E-state index in [1.165, 1.54) is 64.3 Å². The highest BCUT2D eigenvalue weighted by molar-refractivity contribution is 7.25. The monoisotopic (exact) mass is 793 g/mol. The zero-order valence-corrected chi connectivity index (χ0v) is 33.8. The fourth-order valence-corrected chi connectivity index (χ4v) is 11.5. The van der Waals surface area contributed by atoms with Gasteiger partial charge in [-0.2, -0.15) is 0 Å². The SMILES string of the molecule is c1ccc(-c2nc(-n3c4ccccc4c4c5c(cc(-c6ccc7sc8ccccc8c7c6)c43)C(c3ccccc3)(c3ccccc3)c3ccccc3-5)nc3ccccc23)cc1. The van der Waals surface area contributed by atoms with E-state index in [9.17, 15) is 0 Å². The van der Waals surface area contributed by atoms with Gasteiger partial charge in [0.25, 0.3) is 0 Å². The van der Waals surface area contributed by atoms with Crippen LogP contribution in [-0.2, 0) is 5.41 Å². The lowest BCUT2D eigenvalue weighted by atomic mass is 9.67. The van der Waals surface area contributed by atoms with Gasteiger partial charge >= 0.3 is 0 Å². The van der Waals surface area contributed by atoms with Gasteiger partial charge in [-0.25, -0.2) is 9.97 Å². The number of hydrogen-bond acceptors (Lipinski definition) is 3. The average molecular weight is 794 g/mol. The van der Waals surface area contributed by atoms with Gasteiger partial charge in [0.2, 0.25) is 5.95 Å². The molecule has 9 aromatic carbocycles. The van der Waals surface area contributed by atoms with Gasteiger partial charge in [0.15, 0.2) is 0 Å². The van der Waals surface area contributed by atoms with Crippen LogP contribution in [0.3, 0.4) is 0 Å². The van der Waals surface area contributed by atoms with Crippen LogP contribution in [0.15, 0.2) is 212 Å². The molecular formula is C57H35N3S. The van der Waals surface area contributed by atoms with Gasteiger partial charge in [0, 0.05) is 47.5 Å². The molecule has 13 rings (SSSR count). The Labute approximate surface area is 356 Å². The molecule has 12 aromatic rings. The number of thiophene rings is 1. The molecule has 284 valence electrons. The predicted molar refractivity (Wildman–Crippen MR) is 255 cm³/mol. The van der Waals surface area contributed by atoms with E-state index in [-0.39, 0.29) is 0 Å². The van der Waals surface area contributed by atoms with Gasteiger partial charge in [0.1, 0.15) is 0 Å². The summed E-state index contributed by atoms with van der Waals surface area (Å²) in [7, 11) is 0. The average Bonchev–Trinajstić information content (AvgIpc) is 3.98. The van der Waals surface area contributed by atoms with Crippen molar-refractivity contribution in [2.24, 2.45) is 0 Å². The van der Waals surface area contributed by atoms with Crippen molar-refractivity contribution in [2.75, 3.05) is 0 Å². The van der Waals surface area contributed by atoms with Crippen molar-refractivity contribution in [3.63, 3.8) is 0 Å². The maximum atomic E-state index is 5.55. The molecule has 0 saturated heterocycles. The summed E-state index contributed by atoms with van der Waals surface area (Å²) < 4.78 is 4.93. The van der Waals surface area contributed by atoms with Crippen LogP contribution in [0.2, 0.25) is 0 Å². The summed E-state index contributed by atoms with van der Waals surface area (Å²) in [4.78, 5) is 11.0. The molecule has 0 fully saturated rings. The number of nitrogens with zero attached hydrogens (tertiary/aromatic N) is 3. The van der Waals surface area contributed by atoms with Crippen molar-refractivity contribution >= 4 is 64.2 Å². The summed E-state index contributed by atoms with van der Waals surface area (Å²) in [5.41, 5.74) is 14.3. The van der Waals surface area contributed by atoms with Crippen LogP contribution >= 0.6 is 11.3 Å². The second-order valence-electron chi connectivity index (χ2n) is 16.0. The maximum Gasteiger partial charge on any atom is 0.235 e. The fraction of sp³-hybridized carbons (Fsp3) is 0.0175. The van der Waals surface area contributed by atoms with Gasteiger partial charge in [-0.3, -0.25) is 4.57 Å². The summed E-state index contributed by atoms with van der Waals surface area (Å²) in [6.07, 6.45) is 0. The molecule has 3 nitrogen and oxygen atoms in total. The number of rotatable bonds is 5. The van der Waals surface area contributed by atoms with Crippen molar-refractivity contribution in [1.29, 1.82) is 0 Å². The minimum Gasteiger partial charge on any atom is -0.277 e. The number of hydrogen-bond donors (Lipinski definition) is 0. The van der Waals surface area contributed by atoms with Gasteiger partial charge in [-0.1, -0.05) is 176 Å². The lowest BCUT2D eigenvalue weighted by Crippen LogP contribution is -2.28. The molecule has 0 spiro atoms. The summed E-state index contributed by atoms with van der Waals surface area (Å²) in [5, 5.41) is 5.95. The molecule has 0 aliphatic heterocycles. The third-order valence-electron chi connectivity index (χ3n) is 12.9. The van der Waals surface area contributed by atoms with Crippen molar-refractivity contribution in [1.82, 2.24) is 14.5 Å². The normalized spacial score (nSPS) is 13.0. The number of para-hydroxylation sites is 2. The Balaban J connectivity index is 1.25. The first-order chi connectivity index (χ1) is 30.3. The topological polar surface area (TPSA) is 30.7 Å². The Bertz CT molecular complexity index is 3660. The highest BCUT2D eigenvalue weighted by Crippen LogP contribution is 2.60. The van der Waals surface area contributed by atoms with Crippen LogP contribution in [0.1, 0.15) is 22.3 Å². The summed E-state index contributed by atoms with van der Waals surface area (Å²) in [6.45, 7) is 0. The molecular weight excluding hydrogens is 759 g/mol. The van der Waals surface area contributed by atoms with E-state index < -0.39 is 5.41 Å². The first-order valence-electron chi connectivity index (χ1n) is 20.8. The molecule has 61 heavy (non-hydrogen) atoms. The molecule has 1 aliphatic rings. The van der Waals surface area contributed by atoms with Gasteiger partial charge in [0.05, 0.1) is 27.7 Å². The molecule has 4 heteroatoms. The van der Waals surface area contributed by atoms with Crippen LogP contribution in [0.5, 0.6) is 0 Å². The van der Waals surface area contributed by atoms with Crippen LogP contribution in [0, 0.1) is 0 Å². The van der Waals surface area contributed by atoms with E-state index in [1.54, 1.807) is 0 Å². The molecule has 0 bridgehead atoms. The summed E-state index contributed by atoms with van der Waals surface area (Å²) in [6, 6.07) is 77.4. The predicted octanol–water partition coefficient (Wildman–Crippen LogP) is 14.8. The molecule has 0 N–H and O–H groups in total. The smallest absolute Gasteiger partial charge is 0.235 e. The van der Waals surface area contributed by atoms with E-state index >= 15 is 0 Å². The third-order valence-corrected chi connectivity index (χ3v) is 14.0. The Morgan fingerprint density at radius 2 is 1.05 bits per heavy atom. The van der Waals surface area contributed by atoms with Gasteiger partial charge in [-0.15, -0.1) is 11.3 Å². The maximum absolute atomic E-state index is 5.55. The van der Waals surface area contributed by atoms with Crippen LogP contribution in [-0.4, -0.2) is 14.5 Å². The van der Waals surface area contributed by atoms with E-state index in [2.05, 4.69) is 217 Å². The molecule has 0 saturated carbocycles. The molecule has 1 aliphatic carbocycles. The van der Waals surface area contributed by atoms with Gasteiger partial charge < -0.3 is 0 Å². The van der Waals surface area contributed by atoms with E-state index in [4.69, 9.17) is 9.97 Å². The quantitative estimate of drug-likeness (QED) is 0.174. The highest BCUT2D eigenvalue weighted by Gasteiger charge is 2.47. The molecule has 0 amide bonds. The van der Waals surface area contributed by atoms with E-state index in [0.29, 0.717) is 5.95 Å². The van der Waals surface area contributed by atoms with Crippen LogP contribution in [0.25, 0.3) is 92.3 Å². The second kappa shape index (κ2) is 13.2. The fourth-order valence-electron chi connectivity index (χ4n) is 10.4. The first-order valence-corrected chi connectivity index (χ1v) is 21.6. The lowest BCUT2D eigenvalue weighted by Gasteiger charge is -2.34. The molecule has 3 aromatic heterocycles. The second-order valence-corrected chi connectivity index (χ2v) is 17.1. The Kier molecular flexibility index (Phi) is 7.39. The minimum atomic E-state index is -0.584. The van der Waals surface area contributed by atoms with Crippen molar-refractivity contribution in [2.45, 2.75) is 5.41 Å². The minimum absolute atomic E-state index is 0.584. The Morgan fingerprint density at radius 1 is 0.426 bits per heavy atom. The Hall–Kier alpha value is -7.66. The first kappa shape index (κ1) is 34.2. The largest absolute Gasteiger partial charge is 0.277 e. The van der Waals surface area contributed by atoms with Gasteiger partial charge in [-0.05, 0) is 75.3 Å². The number of benzene rings is 9. The van der Waals surface area contributed by atoms with Crippen molar-refractivity contribution < 1.29 is 0 Å². The molecule has 0 atom stereocenters. The van der Waals surface area contributed by atoms with E-state index in [0.717, 1.165) is 44.3 Å². The molecule has 3 heterocycles. The number of aromatic nitrogens is 3. The molecule has 0 radical (unpaired) electrons. The van der Waals surface area contributed by atoms with Crippen LogP contribution in [0.4, 0.5) is 0 Å². The summed E-state index contributed by atoms with van der Waals surface area (Å²) >= 11 is 1.85. The van der Waals surface area contributed by atoms with E-state index in [1.807, 2.05) is 11.3 Å². The van der Waals surface area contributed by atoms with Crippen LogP contribution < -0.4 is 0 Å².